The van der Waals surface area contributed by atoms with Crippen LogP contribution in [0.3, 0.4) is 0 Å². The largest absolute Gasteiger partial charge is 0.435 e. The third-order valence-corrected chi connectivity index (χ3v) is 4.50. The first-order chi connectivity index (χ1) is 14.7. The third-order valence-electron chi connectivity index (χ3n) is 4.50. The van der Waals surface area contributed by atoms with Gasteiger partial charge < -0.3 is 10.1 Å². The fourth-order valence-electron chi connectivity index (χ4n) is 2.94. The lowest BCUT2D eigenvalue weighted by molar-refractivity contribution is -0.385. The molecule has 0 saturated carbocycles. The Labute approximate surface area is 174 Å². The number of alkyl halides is 2. The molecule has 0 radical (unpaired) electrons. The number of benzene rings is 2. The highest BCUT2D eigenvalue weighted by molar-refractivity contribution is 6.07. The van der Waals surface area contributed by atoms with E-state index in [0.717, 1.165) is 6.21 Å². The van der Waals surface area contributed by atoms with Crippen LogP contribution >= 0.6 is 0 Å². The lowest BCUT2D eigenvalue weighted by atomic mass is 9.92. The summed E-state index contributed by atoms with van der Waals surface area (Å²) in [6.07, 6.45) is 3.93. The van der Waals surface area contributed by atoms with Crippen LogP contribution in [0.1, 0.15) is 18.1 Å². The van der Waals surface area contributed by atoms with Crippen molar-refractivity contribution in [2.75, 3.05) is 0 Å². The number of hydrogen-bond acceptors (Lipinski definition) is 6. The zero-order chi connectivity index (χ0) is 22.6. The van der Waals surface area contributed by atoms with Crippen molar-refractivity contribution in [3.8, 4) is 5.75 Å². The van der Waals surface area contributed by atoms with Crippen LogP contribution in [0.4, 0.5) is 19.3 Å². The van der Waals surface area contributed by atoms with E-state index in [9.17, 15) is 28.5 Å². The van der Waals surface area contributed by atoms with Crippen molar-refractivity contribution in [3.05, 3.63) is 75.8 Å². The number of imide groups is 1. The summed E-state index contributed by atoms with van der Waals surface area (Å²) in [4.78, 5) is 35.5. The Kier molecular flexibility index (Phi) is 6.05. The Morgan fingerprint density at radius 3 is 2.52 bits per heavy atom. The molecule has 31 heavy (non-hydrogen) atoms. The van der Waals surface area contributed by atoms with Crippen molar-refractivity contribution >= 4 is 29.9 Å². The highest BCUT2D eigenvalue weighted by Gasteiger charge is 2.49. The molecule has 3 rings (SSSR count). The minimum atomic E-state index is -2.98. The lowest BCUT2D eigenvalue weighted by Gasteiger charge is -2.21. The van der Waals surface area contributed by atoms with Gasteiger partial charge in [0, 0.05) is 12.3 Å². The summed E-state index contributed by atoms with van der Waals surface area (Å²) in [5, 5.41) is 18.0. The van der Waals surface area contributed by atoms with Crippen molar-refractivity contribution in [1.82, 2.24) is 10.3 Å². The van der Waals surface area contributed by atoms with Crippen molar-refractivity contribution in [3.63, 3.8) is 0 Å². The number of nitrogens with one attached hydrogen (secondary N) is 1. The molecule has 1 aliphatic rings. The van der Waals surface area contributed by atoms with E-state index in [1.54, 1.807) is 6.07 Å². The van der Waals surface area contributed by atoms with Crippen LogP contribution in [0.2, 0.25) is 0 Å². The molecule has 160 valence electrons. The van der Waals surface area contributed by atoms with Gasteiger partial charge in [-0.25, -0.2) is 4.79 Å². The van der Waals surface area contributed by atoms with Gasteiger partial charge in [0.15, 0.2) is 0 Å². The van der Waals surface area contributed by atoms with Gasteiger partial charge in [0.05, 0.1) is 10.5 Å². The summed E-state index contributed by atoms with van der Waals surface area (Å²) in [6.45, 7) is -1.53. The first-order valence-electron chi connectivity index (χ1n) is 8.88. The van der Waals surface area contributed by atoms with Crippen LogP contribution in [0.15, 0.2) is 59.7 Å². The number of ether oxygens (including phenoxy) is 1. The monoisotopic (exact) mass is 430 g/mol. The van der Waals surface area contributed by atoms with E-state index in [2.05, 4.69) is 15.2 Å². The standard InChI is InChI=1S/C20H16F2N4O5/c1-20(14-8-10-15(11-9-14)31-18(21)22)17(27)25(19(28)24-20)23-12-4-6-13-5-2-3-7-16(13)26(29)30/h2-12,18H,1H3,(H,24,28)/b6-4+,23-12+. The van der Waals surface area contributed by atoms with E-state index < -0.39 is 29.0 Å². The molecule has 9 nitrogen and oxygen atoms in total. The Morgan fingerprint density at radius 1 is 1.19 bits per heavy atom. The third kappa shape index (κ3) is 4.55. The minimum absolute atomic E-state index is 0.0888. The highest BCUT2D eigenvalue weighted by atomic mass is 19.3. The van der Waals surface area contributed by atoms with Crippen molar-refractivity contribution in [2.24, 2.45) is 5.10 Å². The summed E-state index contributed by atoms with van der Waals surface area (Å²) in [6, 6.07) is 10.5. The second kappa shape index (κ2) is 8.69. The number of hydrazone groups is 1. The van der Waals surface area contributed by atoms with E-state index >= 15 is 0 Å². The Morgan fingerprint density at radius 2 is 1.87 bits per heavy atom. The molecular weight excluding hydrogens is 414 g/mol. The molecule has 1 atom stereocenters. The van der Waals surface area contributed by atoms with Crippen LogP contribution in [-0.2, 0) is 10.3 Å². The van der Waals surface area contributed by atoms with Gasteiger partial charge in [-0.1, -0.05) is 24.3 Å². The second-order valence-electron chi connectivity index (χ2n) is 6.51. The number of nitro groups is 1. The zero-order valence-corrected chi connectivity index (χ0v) is 16.1. The van der Waals surface area contributed by atoms with E-state index in [1.807, 2.05) is 0 Å². The SMILES string of the molecule is CC1(c2ccc(OC(F)F)cc2)NC(=O)N(/N=C/C=C/c2ccccc2[N+](=O)[O-])C1=O. The average molecular weight is 430 g/mol. The topological polar surface area (TPSA) is 114 Å². The fraction of sp³-hybridized carbons (Fsp3) is 0.150. The van der Waals surface area contributed by atoms with Crippen LogP contribution in [0.25, 0.3) is 6.08 Å². The van der Waals surface area contributed by atoms with Crippen molar-refractivity contribution < 1.29 is 28.0 Å². The molecule has 2 aromatic carbocycles. The molecule has 11 heteroatoms. The molecule has 1 unspecified atom stereocenters. The van der Waals surface area contributed by atoms with Crippen molar-refractivity contribution in [2.45, 2.75) is 19.1 Å². The number of nitrogens with zero attached hydrogens (tertiary/aromatic N) is 3. The molecule has 1 saturated heterocycles. The van der Waals surface area contributed by atoms with Gasteiger partial charge in [-0.05, 0) is 42.8 Å². The van der Waals surface area contributed by atoms with E-state index in [1.165, 1.54) is 61.5 Å². The number of urea groups is 1. The molecule has 1 fully saturated rings. The maximum absolute atomic E-state index is 12.8. The average Bonchev–Trinajstić information content (AvgIpc) is 2.95. The first kappa shape index (κ1) is 21.6. The molecule has 0 aromatic heterocycles. The highest BCUT2D eigenvalue weighted by Crippen LogP contribution is 2.30. The van der Waals surface area contributed by atoms with Crippen LogP contribution in [0.5, 0.6) is 5.75 Å². The zero-order valence-electron chi connectivity index (χ0n) is 16.1. The van der Waals surface area contributed by atoms with Crippen LogP contribution < -0.4 is 10.1 Å². The first-order valence-corrected chi connectivity index (χ1v) is 8.88. The van der Waals surface area contributed by atoms with Gasteiger partial charge >= 0.3 is 12.6 Å². The number of hydrogen-bond donors (Lipinski definition) is 1. The Balaban J connectivity index is 1.75. The van der Waals surface area contributed by atoms with Gasteiger partial charge in [0.2, 0.25) is 0 Å². The normalized spacial score (nSPS) is 18.9. The number of amides is 3. The van der Waals surface area contributed by atoms with Gasteiger partial charge in [-0.15, -0.1) is 5.01 Å². The smallest absolute Gasteiger partial charge is 0.387 e. The number of allylic oxidation sites excluding steroid dienone is 1. The van der Waals surface area contributed by atoms with Crippen molar-refractivity contribution in [1.29, 1.82) is 0 Å². The number of rotatable bonds is 7. The lowest BCUT2D eigenvalue weighted by Crippen LogP contribution is -2.40. The van der Waals surface area contributed by atoms with Gasteiger partial charge in [0.25, 0.3) is 11.6 Å². The fourth-order valence-corrected chi connectivity index (χ4v) is 2.94. The number of carbonyl (C=O) groups excluding carboxylic acids is 2. The van der Waals surface area contributed by atoms with E-state index in [-0.39, 0.29) is 11.4 Å². The summed E-state index contributed by atoms with van der Waals surface area (Å²) in [5.41, 5.74) is -0.888. The summed E-state index contributed by atoms with van der Waals surface area (Å²) < 4.78 is 28.8. The van der Waals surface area contributed by atoms with Crippen LogP contribution in [-0.4, -0.2) is 34.7 Å². The minimum Gasteiger partial charge on any atom is -0.435 e. The van der Waals surface area contributed by atoms with Gasteiger partial charge in [-0.2, -0.15) is 13.9 Å². The summed E-state index contributed by atoms with van der Waals surface area (Å²) in [5.74, 6) is -0.774. The van der Waals surface area contributed by atoms with Gasteiger partial charge in [0.1, 0.15) is 11.3 Å². The number of nitro benzene ring substituents is 1. The molecule has 0 spiro atoms. The quantitative estimate of drug-likeness (QED) is 0.312. The predicted octanol–water partition coefficient (Wildman–Crippen LogP) is 3.66. The maximum atomic E-state index is 12.8. The second-order valence-corrected chi connectivity index (χ2v) is 6.51. The molecule has 1 N–H and O–H groups in total. The van der Waals surface area contributed by atoms with Gasteiger partial charge in [-0.3, -0.25) is 14.9 Å². The Bertz CT molecular complexity index is 1070. The molecule has 2 aromatic rings. The van der Waals surface area contributed by atoms with E-state index in [4.69, 9.17) is 0 Å². The van der Waals surface area contributed by atoms with E-state index in [0.29, 0.717) is 16.1 Å². The predicted molar refractivity (Wildman–Crippen MR) is 106 cm³/mol. The number of carbonyl (C=O) groups is 2. The molecular formula is C20H16F2N4O5. The number of para-hydroxylation sites is 1. The molecule has 3 amide bonds. The molecule has 0 bridgehead atoms. The molecule has 1 heterocycles. The summed E-state index contributed by atoms with van der Waals surface area (Å²) >= 11 is 0. The Hall–Kier alpha value is -4.15. The van der Waals surface area contributed by atoms with Crippen LogP contribution in [0, 0.1) is 10.1 Å². The maximum Gasteiger partial charge on any atom is 0.387 e. The molecule has 1 aliphatic heterocycles. The summed E-state index contributed by atoms with van der Waals surface area (Å²) in [7, 11) is 0. The number of halogens is 2. The molecule has 0 aliphatic carbocycles.